The minimum absolute atomic E-state index is 0.143. The molecule has 380 valence electrons. The van der Waals surface area contributed by atoms with Crippen LogP contribution in [-0.2, 0) is 61.9 Å². The quantitative estimate of drug-likeness (QED) is 0.0148. The summed E-state index contributed by atoms with van der Waals surface area (Å²) in [6, 6.07) is 0. The van der Waals surface area contributed by atoms with Crippen LogP contribution in [0.5, 0.6) is 0 Å². The fourth-order valence-electron chi connectivity index (χ4n) is 6.17. The highest BCUT2D eigenvalue weighted by atomic mass is 32.1. The molecule has 0 aliphatic carbocycles. The van der Waals surface area contributed by atoms with Gasteiger partial charge >= 0.3 is 35.8 Å². The third-order valence-electron chi connectivity index (χ3n) is 10.3. The number of thiol groups is 6. The Balaban J connectivity index is 6.86. The van der Waals surface area contributed by atoms with Crippen molar-refractivity contribution >= 4 is 112 Å². The zero-order valence-electron chi connectivity index (χ0n) is 38.9. The minimum Gasteiger partial charge on any atom is -0.465 e. The topological polar surface area (TPSA) is 167 Å². The molecule has 65 heavy (non-hydrogen) atoms. The van der Waals surface area contributed by atoms with E-state index in [4.69, 9.17) is 33.2 Å². The van der Waals surface area contributed by atoms with Gasteiger partial charge in [0.1, 0.15) is 39.6 Å². The van der Waals surface area contributed by atoms with E-state index in [9.17, 15) is 28.8 Å². The molecule has 0 radical (unpaired) electrons. The molecule has 0 heterocycles. The number of unbranched alkanes of at least 4 members (excludes halogenated alkanes) is 12. The molecular formula is C46H82O13S6. The maximum absolute atomic E-state index is 13.1. The molecule has 0 spiro atoms. The van der Waals surface area contributed by atoms with Crippen LogP contribution in [0, 0.1) is 10.8 Å². The Kier molecular flexibility index (Phi) is 43.4. The van der Waals surface area contributed by atoms with Gasteiger partial charge in [-0.15, -0.1) is 0 Å². The second-order valence-corrected chi connectivity index (χ2v) is 19.3. The van der Waals surface area contributed by atoms with Crippen molar-refractivity contribution in [2.45, 2.75) is 154 Å². The lowest BCUT2D eigenvalue weighted by Gasteiger charge is -2.35. The van der Waals surface area contributed by atoms with Crippen LogP contribution in [0.25, 0.3) is 0 Å². The molecule has 0 rings (SSSR count). The molecule has 0 saturated heterocycles. The molecule has 0 bridgehead atoms. The molecule has 0 unspecified atom stereocenters. The van der Waals surface area contributed by atoms with Crippen LogP contribution < -0.4 is 0 Å². The predicted molar refractivity (Wildman–Crippen MR) is 275 cm³/mol. The molecule has 0 atom stereocenters. The van der Waals surface area contributed by atoms with Gasteiger partial charge in [0.25, 0.3) is 0 Å². The molecule has 13 nitrogen and oxygen atoms in total. The molecule has 0 aromatic carbocycles. The summed E-state index contributed by atoms with van der Waals surface area (Å²) < 4.78 is 41.3. The van der Waals surface area contributed by atoms with E-state index in [2.05, 4.69) is 75.8 Å². The SMILES string of the molecule is O=C(CCCCCS)OCC(COCC(COC(=O)CCCCCS)(COC(=O)CCCCCS)COC(=O)CCCCCS)(COC(=O)CCCCCS)COC(=O)CCCCCS. The Morgan fingerprint density at radius 3 is 0.569 bits per heavy atom. The Hall–Kier alpha value is -1.12. The summed E-state index contributed by atoms with van der Waals surface area (Å²) >= 11 is 25.5. The van der Waals surface area contributed by atoms with E-state index < -0.39 is 46.6 Å². The molecule has 0 aliphatic rings. The highest BCUT2D eigenvalue weighted by Gasteiger charge is 2.41. The maximum atomic E-state index is 13.1. The monoisotopic (exact) mass is 1030 g/mol. The lowest BCUT2D eigenvalue weighted by Crippen LogP contribution is -2.47. The Morgan fingerprint density at radius 2 is 0.415 bits per heavy atom. The van der Waals surface area contributed by atoms with Gasteiger partial charge in [-0.2, -0.15) is 75.8 Å². The number of esters is 6. The van der Waals surface area contributed by atoms with Gasteiger partial charge in [0.2, 0.25) is 0 Å². The summed E-state index contributed by atoms with van der Waals surface area (Å²) in [7, 11) is 0. The zero-order valence-corrected chi connectivity index (χ0v) is 44.2. The van der Waals surface area contributed by atoms with Gasteiger partial charge in [0.15, 0.2) is 0 Å². The lowest BCUT2D eigenvalue weighted by atomic mass is 9.90. The van der Waals surface area contributed by atoms with Crippen LogP contribution >= 0.6 is 75.8 Å². The van der Waals surface area contributed by atoms with Gasteiger partial charge in [-0.3, -0.25) is 28.8 Å². The van der Waals surface area contributed by atoms with E-state index in [1.165, 1.54) is 0 Å². The first-order valence-corrected chi connectivity index (χ1v) is 27.4. The van der Waals surface area contributed by atoms with Crippen LogP contribution in [0.3, 0.4) is 0 Å². The second kappa shape index (κ2) is 44.1. The highest BCUT2D eigenvalue weighted by Crippen LogP contribution is 2.27. The maximum Gasteiger partial charge on any atom is 0.305 e. The van der Waals surface area contributed by atoms with Crippen molar-refractivity contribution in [2.24, 2.45) is 10.8 Å². The molecule has 0 N–H and O–H groups in total. The minimum atomic E-state index is -1.38. The van der Waals surface area contributed by atoms with Gasteiger partial charge in [0, 0.05) is 38.5 Å². The number of carbonyl (C=O) groups is 6. The van der Waals surface area contributed by atoms with Gasteiger partial charge in [-0.25, -0.2) is 0 Å². The number of rotatable bonds is 46. The van der Waals surface area contributed by atoms with E-state index in [-0.39, 0.29) is 91.4 Å². The molecule has 19 heteroatoms. The predicted octanol–water partition coefficient (Wildman–Crippen LogP) is 9.18. The fraction of sp³-hybridized carbons (Fsp3) is 0.870. The Labute approximate surface area is 423 Å². The van der Waals surface area contributed by atoms with Crippen molar-refractivity contribution in [1.82, 2.24) is 0 Å². The van der Waals surface area contributed by atoms with E-state index in [1.54, 1.807) is 0 Å². The summed E-state index contributed by atoms with van der Waals surface area (Å²) in [5.41, 5.74) is -2.77. The normalized spacial score (nSPS) is 11.5. The van der Waals surface area contributed by atoms with Crippen LogP contribution in [0.15, 0.2) is 0 Å². The van der Waals surface area contributed by atoms with Crippen molar-refractivity contribution in [1.29, 1.82) is 0 Å². The number of carbonyl (C=O) groups excluding carboxylic acids is 6. The summed E-state index contributed by atoms with van der Waals surface area (Å²) in [6.07, 6.45) is 14.1. The van der Waals surface area contributed by atoms with Crippen LogP contribution in [0.1, 0.15) is 154 Å². The number of hydrogen-bond acceptors (Lipinski definition) is 19. The summed E-state index contributed by atoms with van der Waals surface area (Å²) in [6.45, 7) is -2.51. The van der Waals surface area contributed by atoms with E-state index in [0.717, 1.165) is 77.0 Å². The molecule has 0 amide bonds. The summed E-state index contributed by atoms with van der Waals surface area (Å²) in [5, 5.41) is 0. The highest BCUT2D eigenvalue weighted by molar-refractivity contribution is 7.81. The smallest absolute Gasteiger partial charge is 0.305 e. The average molecular weight is 1040 g/mol. The zero-order chi connectivity index (χ0) is 48.3. The third kappa shape index (κ3) is 37.5. The largest absolute Gasteiger partial charge is 0.465 e. The van der Waals surface area contributed by atoms with Crippen molar-refractivity contribution in [2.75, 3.05) is 87.4 Å². The first-order chi connectivity index (χ1) is 31.4. The van der Waals surface area contributed by atoms with Gasteiger partial charge < -0.3 is 33.2 Å². The van der Waals surface area contributed by atoms with Gasteiger partial charge in [-0.05, 0) is 112 Å². The van der Waals surface area contributed by atoms with Crippen LogP contribution in [0.2, 0.25) is 0 Å². The standard InChI is InChI=1S/C46H82O13S6/c47-39(19-7-1-13-25-60)54-33-45(34-55-40(48)20-8-2-14-26-61,35-56-41(49)21-9-3-15-27-62)31-53-32-46(36-57-42(50)22-10-4-16-28-63,37-58-43(51)23-11-5-17-29-64)38-59-44(52)24-12-6-18-30-65/h60-65H,1-38H2. The van der Waals surface area contributed by atoms with Gasteiger partial charge in [0.05, 0.1) is 24.0 Å². The van der Waals surface area contributed by atoms with Crippen LogP contribution in [-0.4, -0.2) is 123 Å². The lowest BCUT2D eigenvalue weighted by molar-refractivity contribution is -0.175. The van der Waals surface area contributed by atoms with Crippen molar-refractivity contribution < 1.29 is 61.9 Å². The second-order valence-electron chi connectivity index (χ2n) is 16.7. The first-order valence-electron chi connectivity index (χ1n) is 23.6. The van der Waals surface area contributed by atoms with Gasteiger partial charge in [-0.1, -0.05) is 38.5 Å². The number of ether oxygens (including phenoxy) is 7. The van der Waals surface area contributed by atoms with E-state index >= 15 is 0 Å². The Morgan fingerprint density at radius 1 is 0.246 bits per heavy atom. The fourth-order valence-corrected chi connectivity index (χ4v) is 7.51. The molecule has 0 aromatic heterocycles. The molecular weight excluding hydrogens is 953 g/mol. The molecule has 0 fully saturated rings. The van der Waals surface area contributed by atoms with E-state index in [0.29, 0.717) is 73.0 Å². The molecule has 0 aliphatic heterocycles. The third-order valence-corrected chi connectivity index (χ3v) is 12.2. The first kappa shape index (κ1) is 63.9. The molecule has 0 saturated carbocycles. The summed E-state index contributed by atoms with van der Waals surface area (Å²) in [5.74, 6) is 1.25. The van der Waals surface area contributed by atoms with E-state index in [1.807, 2.05) is 0 Å². The van der Waals surface area contributed by atoms with Crippen molar-refractivity contribution in [3.8, 4) is 0 Å². The molecule has 0 aromatic rings. The van der Waals surface area contributed by atoms with Crippen molar-refractivity contribution in [3.05, 3.63) is 0 Å². The van der Waals surface area contributed by atoms with Crippen molar-refractivity contribution in [3.63, 3.8) is 0 Å². The van der Waals surface area contributed by atoms with Crippen LogP contribution in [0.4, 0.5) is 0 Å². The average Bonchev–Trinajstić information content (AvgIpc) is 3.30. The Bertz CT molecular complexity index is 1030. The number of hydrogen-bond donors (Lipinski definition) is 6. The summed E-state index contributed by atoms with van der Waals surface area (Å²) in [4.78, 5) is 78.5.